The zero-order valence-electron chi connectivity index (χ0n) is 12.4. The topological polar surface area (TPSA) is 35.2 Å². The molecule has 0 amide bonds. The maximum absolute atomic E-state index is 6.15. The van der Waals surface area contributed by atoms with Gasteiger partial charge in [0.1, 0.15) is 5.75 Å². The summed E-state index contributed by atoms with van der Waals surface area (Å²) in [7, 11) is 0. The van der Waals surface area contributed by atoms with Crippen molar-refractivity contribution >= 4 is 5.69 Å². The minimum Gasteiger partial charge on any atom is -0.493 e. The van der Waals surface area contributed by atoms with Crippen molar-refractivity contribution in [2.75, 3.05) is 12.3 Å². The van der Waals surface area contributed by atoms with Gasteiger partial charge >= 0.3 is 0 Å². The highest BCUT2D eigenvalue weighted by Gasteiger charge is 2.51. The zero-order valence-corrected chi connectivity index (χ0v) is 12.4. The zero-order chi connectivity index (χ0) is 13.7. The smallest absolute Gasteiger partial charge is 0.121 e. The SMILES string of the molecule is Cc1ccc(OCC23CC4CC(CC(C4)C2)C3)cc1N. The first-order chi connectivity index (χ1) is 9.62. The van der Waals surface area contributed by atoms with Crippen molar-refractivity contribution in [1.82, 2.24) is 0 Å². The van der Waals surface area contributed by atoms with E-state index in [1.165, 1.54) is 38.5 Å². The molecular weight excluding hydrogens is 246 g/mol. The Labute approximate surface area is 121 Å². The lowest BCUT2D eigenvalue weighted by Crippen LogP contribution is -2.48. The van der Waals surface area contributed by atoms with Crippen molar-refractivity contribution in [2.45, 2.75) is 45.4 Å². The molecule has 5 rings (SSSR count). The van der Waals surface area contributed by atoms with Crippen molar-refractivity contribution in [1.29, 1.82) is 0 Å². The van der Waals surface area contributed by atoms with Crippen LogP contribution in [0.1, 0.15) is 44.1 Å². The molecule has 20 heavy (non-hydrogen) atoms. The van der Waals surface area contributed by atoms with E-state index in [9.17, 15) is 0 Å². The van der Waals surface area contributed by atoms with Crippen molar-refractivity contribution in [3.8, 4) is 5.75 Å². The Morgan fingerprint density at radius 3 is 2.25 bits per heavy atom. The highest BCUT2D eigenvalue weighted by Crippen LogP contribution is 2.60. The largest absolute Gasteiger partial charge is 0.493 e. The second kappa shape index (κ2) is 4.41. The molecule has 0 heterocycles. The summed E-state index contributed by atoms with van der Waals surface area (Å²) in [5.74, 6) is 3.93. The molecule has 4 saturated carbocycles. The van der Waals surface area contributed by atoms with Crippen LogP contribution in [-0.2, 0) is 0 Å². The van der Waals surface area contributed by atoms with Crippen LogP contribution in [-0.4, -0.2) is 6.61 Å². The molecule has 0 aromatic heterocycles. The number of nitrogen functional groups attached to an aromatic ring is 1. The molecule has 4 bridgehead atoms. The molecule has 4 aliphatic carbocycles. The Bertz CT molecular complexity index is 487. The number of ether oxygens (including phenoxy) is 1. The van der Waals surface area contributed by atoms with E-state index in [-0.39, 0.29) is 0 Å². The number of nitrogens with two attached hydrogens (primary N) is 1. The van der Waals surface area contributed by atoms with Crippen LogP contribution in [0.5, 0.6) is 5.75 Å². The van der Waals surface area contributed by atoms with Crippen molar-refractivity contribution in [3.63, 3.8) is 0 Å². The predicted molar refractivity (Wildman–Crippen MR) is 81.7 cm³/mol. The first kappa shape index (κ1) is 12.6. The molecule has 0 aliphatic heterocycles. The fraction of sp³-hybridized carbons (Fsp3) is 0.667. The Balaban J connectivity index is 1.47. The minimum atomic E-state index is 0.481. The van der Waals surface area contributed by atoms with E-state index in [1.807, 2.05) is 13.0 Å². The summed E-state index contributed by atoms with van der Waals surface area (Å²) >= 11 is 0. The second-order valence-electron chi connectivity index (χ2n) is 7.72. The molecule has 0 saturated heterocycles. The molecule has 4 fully saturated rings. The Morgan fingerprint density at radius 2 is 1.70 bits per heavy atom. The summed E-state index contributed by atoms with van der Waals surface area (Å²) in [5.41, 5.74) is 8.43. The van der Waals surface area contributed by atoms with Gasteiger partial charge in [-0.15, -0.1) is 0 Å². The first-order valence-electron chi connectivity index (χ1n) is 8.11. The molecule has 0 unspecified atom stereocenters. The van der Waals surface area contributed by atoms with Crippen LogP contribution in [0.2, 0.25) is 0 Å². The highest BCUT2D eigenvalue weighted by molar-refractivity contribution is 5.50. The first-order valence-corrected chi connectivity index (χ1v) is 8.11. The summed E-state index contributed by atoms with van der Waals surface area (Å²) in [5, 5.41) is 0. The third kappa shape index (κ3) is 2.10. The lowest BCUT2D eigenvalue weighted by molar-refractivity contribution is -0.0745. The fourth-order valence-corrected chi connectivity index (χ4v) is 5.41. The van der Waals surface area contributed by atoms with Gasteiger partial charge in [0.05, 0.1) is 6.61 Å². The van der Waals surface area contributed by atoms with E-state index >= 15 is 0 Å². The maximum atomic E-state index is 6.15. The van der Waals surface area contributed by atoms with E-state index in [1.54, 1.807) is 0 Å². The number of aryl methyl sites for hydroxylation is 1. The van der Waals surface area contributed by atoms with Crippen LogP contribution >= 0.6 is 0 Å². The quantitative estimate of drug-likeness (QED) is 0.837. The number of hydrogen-bond donors (Lipinski definition) is 1. The molecule has 2 N–H and O–H groups in total. The Morgan fingerprint density at radius 1 is 1.10 bits per heavy atom. The van der Waals surface area contributed by atoms with Gasteiger partial charge in [-0.25, -0.2) is 0 Å². The number of hydrogen-bond acceptors (Lipinski definition) is 2. The van der Waals surface area contributed by atoms with Gasteiger partial charge in [-0.1, -0.05) is 6.07 Å². The predicted octanol–water partition coefficient (Wildman–Crippen LogP) is 4.17. The average Bonchev–Trinajstić information content (AvgIpc) is 2.39. The Hall–Kier alpha value is -1.18. The fourth-order valence-electron chi connectivity index (χ4n) is 5.41. The van der Waals surface area contributed by atoms with Crippen LogP contribution in [0.15, 0.2) is 18.2 Å². The maximum Gasteiger partial charge on any atom is 0.121 e. The minimum absolute atomic E-state index is 0.481. The van der Waals surface area contributed by atoms with Gasteiger partial charge in [-0.2, -0.15) is 0 Å². The van der Waals surface area contributed by atoms with Gasteiger partial charge in [0.25, 0.3) is 0 Å². The van der Waals surface area contributed by atoms with Crippen molar-refractivity contribution < 1.29 is 4.74 Å². The van der Waals surface area contributed by atoms with Gasteiger partial charge in [-0.05, 0) is 74.8 Å². The van der Waals surface area contributed by atoms with Crippen LogP contribution in [0.25, 0.3) is 0 Å². The summed E-state index contributed by atoms with van der Waals surface area (Å²) in [6.45, 7) is 2.94. The molecule has 0 radical (unpaired) electrons. The molecule has 1 aromatic rings. The molecule has 2 heteroatoms. The molecule has 0 atom stereocenters. The van der Waals surface area contributed by atoms with Crippen LogP contribution in [0.4, 0.5) is 5.69 Å². The van der Waals surface area contributed by atoms with Gasteiger partial charge in [0.15, 0.2) is 0 Å². The third-order valence-corrected chi connectivity index (χ3v) is 5.96. The van der Waals surface area contributed by atoms with E-state index in [4.69, 9.17) is 10.5 Å². The van der Waals surface area contributed by atoms with E-state index in [0.29, 0.717) is 5.41 Å². The van der Waals surface area contributed by atoms with Crippen LogP contribution in [0, 0.1) is 30.1 Å². The number of anilines is 1. The normalized spacial score (nSPS) is 38.1. The summed E-state index contributed by atoms with van der Waals surface area (Å²) < 4.78 is 6.15. The summed E-state index contributed by atoms with van der Waals surface area (Å²) in [4.78, 5) is 0. The number of rotatable bonds is 3. The van der Waals surface area contributed by atoms with Crippen LogP contribution in [0.3, 0.4) is 0 Å². The monoisotopic (exact) mass is 271 g/mol. The molecular formula is C18H25NO. The van der Waals surface area contributed by atoms with Gasteiger partial charge < -0.3 is 10.5 Å². The van der Waals surface area contributed by atoms with E-state index in [2.05, 4.69) is 12.1 Å². The lowest BCUT2D eigenvalue weighted by Gasteiger charge is -2.56. The van der Waals surface area contributed by atoms with Gasteiger partial charge in [-0.3, -0.25) is 0 Å². The second-order valence-corrected chi connectivity index (χ2v) is 7.72. The number of benzene rings is 1. The highest BCUT2D eigenvalue weighted by atomic mass is 16.5. The molecule has 1 aromatic carbocycles. The Kier molecular flexibility index (Phi) is 2.77. The molecule has 2 nitrogen and oxygen atoms in total. The average molecular weight is 271 g/mol. The third-order valence-electron chi connectivity index (χ3n) is 5.96. The van der Waals surface area contributed by atoms with Crippen LogP contribution < -0.4 is 10.5 Å². The molecule has 108 valence electrons. The van der Waals surface area contributed by atoms with Crippen molar-refractivity contribution in [3.05, 3.63) is 23.8 Å². The standard InChI is InChI=1S/C18H25NO/c1-12-2-3-16(7-17(12)19)20-11-18-8-13-4-14(9-18)6-15(5-13)10-18/h2-3,7,13-15H,4-6,8-11,19H2,1H3. The summed E-state index contributed by atoms with van der Waals surface area (Å²) in [6.07, 6.45) is 8.70. The van der Waals surface area contributed by atoms with Crippen molar-refractivity contribution in [2.24, 2.45) is 23.2 Å². The lowest BCUT2D eigenvalue weighted by atomic mass is 9.50. The molecule has 0 spiro atoms. The van der Waals surface area contributed by atoms with Gasteiger partial charge in [0, 0.05) is 17.2 Å². The van der Waals surface area contributed by atoms with E-state index < -0.39 is 0 Å². The van der Waals surface area contributed by atoms with Gasteiger partial charge in [0.2, 0.25) is 0 Å². The van der Waals surface area contributed by atoms with E-state index in [0.717, 1.165) is 41.4 Å². The molecule has 4 aliphatic rings. The summed E-state index contributed by atoms with van der Waals surface area (Å²) in [6, 6.07) is 6.10.